The zero-order chi connectivity index (χ0) is 11.6. The molecule has 2 rings (SSSR count). The van der Waals surface area contributed by atoms with Gasteiger partial charge in [-0.05, 0) is 11.4 Å². The number of anilines is 1. The van der Waals surface area contributed by atoms with Gasteiger partial charge < -0.3 is 0 Å². The Balaban J connectivity index is 2.33. The van der Waals surface area contributed by atoms with E-state index in [0.717, 1.165) is 11.3 Å². The highest BCUT2D eigenvalue weighted by Gasteiger charge is 2.17. The number of aromatic amines is 1. The maximum atomic E-state index is 11.8. The van der Waals surface area contributed by atoms with Crippen molar-refractivity contribution in [2.45, 2.75) is 4.90 Å². The molecule has 0 amide bonds. The fourth-order valence-electron chi connectivity index (χ4n) is 1.04. The van der Waals surface area contributed by atoms with E-state index in [1.165, 1.54) is 12.4 Å². The molecule has 0 aliphatic carbocycles. The molecule has 0 saturated heterocycles. The molecule has 0 saturated carbocycles. The lowest BCUT2D eigenvalue weighted by Crippen LogP contribution is -2.11. The highest BCUT2D eigenvalue weighted by atomic mass is 32.2. The number of thiophene rings is 1. The van der Waals surface area contributed by atoms with E-state index in [1.807, 2.05) is 6.07 Å². The zero-order valence-electron chi connectivity index (χ0n) is 7.84. The molecule has 0 aliphatic heterocycles. The largest absolute Gasteiger partial charge is 0.284 e. The fourth-order valence-corrected chi connectivity index (χ4v) is 3.02. The maximum absolute atomic E-state index is 11.8. The van der Waals surface area contributed by atoms with Crippen LogP contribution in [0.4, 0.5) is 5.00 Å². The first-order valence-corrected chi connectivity index (χ1v) is 6.49. The number of nitrogens with zero attached hydrogens (tertiary/aromatic N) is 2. The third-order valence-corrected chi connectivity index (χ3v) is 4.07. The van der Waals surface area contributed by atoms with Crippen molar-refractivity contribution in [3.8, 4) is 6.07 Å². The topological polar surface area (TPSA) is 98.6 Å². The van der Waals surface area contributed by atoms with E-state index in [0.29, 0.717) is 10.6 Å². The standard InChI is InChI=1S/C8H6N4O2S2/c9-3-6-1-2-15-8(6)12-16(13,14)7-4-10-11-5-7/h1-2,4-5,12H,(H,10,11). The average Bonchev–Trinajstić information content (AvgIpc) is 2.86. The van der Waals surface area contributed by atoms with Crippen LogP contribution in [0.15, 0.2) is 28.7 Å². The monoisotopic (exact) mass is 254 g/mol. The Bertz CT molecular complexity index is 621. The van der Waals surface area contributed by atoms with E-state index in [1.54, 1.807) is 11.4 Å². The summed E-state index contributed by atoms with van der Waals surface area (Å²) in [6.45, 7) is 0. The van der Waals surface area contributed by atoms with Crippen LogP contribution in [0.1, 0.15) is 5.56 Å². The summed E-state index contributed by atoms with van der Waals surface area (Å²) >= 11 is 1.15. The number of hydrogen-bond donors (Lipinski definition) is 2. The first-order chi connectivity index (χ1) is 7.63. The molecule has 2 aromatic heterocycles. The fraction of sp³-hybridized carbons (Fsp3) is 0. The summed E-state index contributed by atoms with van der Waals surface area (Å²) in [5.74, 6) is 0. The molecule has 0 aliphatic rings. The summed E-state index contributed by atoms with van der Waals surface area (Å²) in [6.07, 6.45) is 2.46. The summed E-state index contributed by atoms with van der Waals surface area (Å²) in [5.41, 5.74) is 0.303. The van der Waals surface area contributed by atoms with Gasteiger partial charge in [0.2, 0.25) is 0 Å². The Kier molecular flexibility index (Phi) is 2.64. The Morgan fingerprint density at radius 2 is 2.38 bits per heavy atom. The van der Waals surface area contributed by atoms with Gasteiger partial charge in [0.05, 0.1) is 11.8 Å². The Morgan fingerprint density at radius 3 is 3.00 bits per heavy atom. The Morgan fingerprint density at radius 1 is 1.56 bits per heavy atom. The van der Waals surface area contributed by atoms with E-state index in [4.69, 9.17) is 5.26 Å². The molecule has 2 heterocycles. The van der Waals surface area contributed by atoms with Gasteiger partial charge in [-0.3, -0.25) is 9.82 Å². The summed E-state index contributed by atoms with van der Waals surface area (Å²) in [4.78, 5) is 0.0322. The van der Waals surface area contributed by atoms with Crippen LogP contribution in [0.5, 0.6) is 0 Å². The van der Waals surface area contributed by atoms with Crippen LogP contribution in [0, 0.1) is 11.3 Å². The van der Waals surface area contributed by atoms with Crippen molar-refractivity contribution in [1.82, 2.24) is 10.2 Å². The minimum atomic E-state index is -3.66. The van der Waals surface area contributed by atoms with Gasteiger partial charge in [-0.15, -0.1) is 11.3 Å². The lowest BCUT2D eigenvalue weighted by atomic mass is 10.4. The van der Waals surface area contributed by atoms with Crippen LogP contribution in [0.2, 0.25) is 0 Å². The van der Waals surface area contributed by atoms with Crippen LogP contribution in [-0.2, 0) is 10.0 Å². The zero-order valence-corrected chi connectivity index (χ0v) is 9.47. The molecule has 16 heavy (non-hydrogen) atoms. The maximum Gasteiger partial charge on any atom is 0.265 e. The van der Waals surface area contributed by atoms with Crippen molar-refractivity contribution in [3.05, 3.63) is 29.4 Å². The van der Waals surface area contributed by atoms with Crippen molar-refractivity contribution in [1.29, 1.82) is 5.26 Å². The summed E-state index contributed by atoms with van der Waals surface area (Å²) in [6, 6.07) is 3.46. The first-order valence-electron chi connectivity index (χ1n) is 4.12. The van der Waals surface area contributed by atoms with Crippen molar-refractivity contribution in [3.63, 3.8) is 0 Å². The lowest BCUT2D eigenvalue weighted by Gasteiger charge is -2.03. The van der Waals surface area contributed by atoms with Crippen LogP contribution in [0.3, 0.4) is 0 Å². The molecule has 6 nitrogen and oxygen atoms in total. The van der Waals surface area contributed by atoms with Gasteiger partial charge in [0.25, 0.3) is 10.0 Å². The van der Waals surface area contributed by atoms with E-state index in [-0.39, 0.29) is 4.90 Å². The summed E-state index contributed by atoms with van der Waals surface area (Å²) in [7, 11) is -3.66. The van der Waals surface area contributed by atoms with Crippen LogP contribution in [0.25, 0.3) is 0 Å². The molecule has 0 bridgehead atoms. The van der Waals surface area contributed by atoms with Gasteiger partial charge in [0, 0.05) is 6.20 Å². The van der Waals surface area contributed by atoms with Crippen molar-refractivity contribution < 1.29 is 8.42 Å². The third-order valence-electron chi connectivity index (χ3n) is 1.80. The predicted molar refractivity (Wildman–Crippen MR) is 58.4 cm³/mol. The molecule has 2 N–H and O–H groups in total. The highest BCUT2D eigenvalue weighted by molar-refractivity contribution is 7.93. The van der Waals surface area contributed by atoms with Crippen LogP contribution < -0.4 is 4.72 Å². The molecule has 0 aromatic carbocycles. The van der Waals surface area contributed by atoms with Crippen molar-refractivity contribution >= 4 is 26.4 Å². The second-order valence-corrected chi connectivity index (χ2v) is 5.41. The minimum absolute atomic E-state index is 0.0322. The van der Waals surface area contributed by atoms with E-state index in [9.17, 15) is 8.42 Å². The first kappa shape index (κ1) is 10.7. The van der Waals surface area contributed by atoms with E-state index >= 15 is 0 Å². The molecule has 0 atom stereocenters. The predicted octanol–water partition coefficient (Wildman–Crippen LogP) is 1.14. The number of rotatable bonds is 3. The average molecular weight is 254 g/mol. The molecule has 0 spiro atoms. The molecule has 0 fully saturated rings. The minimum Gasteiger partial charge on any atom is -0.284 e. The van der Waals surface area contributed by atoms with Crippen molar-refractivity contribution in [2.75, 3.05) is 4.72 Å². The molecule has 2 aromatic rings. The van der Waals surface area contributed by atoms with Gasteiger partial charge in [0.15, 0.2) is 0 Å². The number of sulfonamides is 1. The lowest BCUT2D eigenvalue weighted by molar-refractivity contribution is 0.601. The normalized spacial score (nSPS) is 10.9. The summed E-state index contributed by atoms with van der Waals surface area (Å²) < 4.78 is 25.8. The van der Waals surface area contributed by atoms with E-state index < -0.39 is 10.0 Å². The molecular formula is C8H6N4O2S2. The Labute approximate surface area is 95.6 Å². The molecule has 0 unspecified atom stereocenters. The molecular weight excluding hydrogens is 248 g/mol. The van der Waals surface area contributed by atoms with Gasteiger partial charge in [0.1, 0.15) is 16.0 Å². The number of H-pyrrole nitrogens is 1. The quantitative estimate of drug-likeness (QED) is 0.858. The van der Waals surface area contributed by atoms with E-state index in [2.05, 4.69) is 14.9 Å². The number of hydrogen-bond acceptors (Lipinski definition) is 5. The SMILES string of the molecule is N#Cc1ccsc1NS(=O)(=O)c1cn[nH]c1. The second-order valence-electron chi connectivity index (χ2n) is 2.81. The van der Waals surface area contributed by atoms with Gasteiger partial charge >= 0.3 is 0 Å². The van der Waals surface area contributed by atoms with Crippen LogP contribution in [-0.4, -0.2) is 18.6 Å². The van der Waals surface area contributed by atoms with Crippen molar-refractivity contribution in [2.24, 2.45) is 0 Å². The molecule has 82 valence electrons. The van der Waals surface area contributed by atoms with Crippen LogP contribution >= 0.6 is 11.3 Å². The van der Waals surface area contributed by atoms with Gasteiger partial charge in [-0.1, -0.05) is 0 Å². The smallest absolute Gasteiger partial charge is 0.265 e. The number of nitrogens with one attached hydrogen (secondary N) is 2. The number of nitriles is 1. The number of aromatic nitrogens is 2. The second kappa shape index (κ2) is 3.96. The molecule has 0 radical (unpaired) electrons. The highest BCUT2D eigenvalue weighted by Crippen LogP contribution is 2.25. The Hall–Kier alpha value is -1.85. The van der Waals surface area contributed by atoms with Gasteiger partial charge in [-0.25, -0.2) is 8.42 Å². The third kappa shape index (κ3) is 1.91. The van der Waals surface area contributed by atoms with Gasteiger partial charge in [-0.2, -0.15) is 10.4 Å². The molecule has 8 heteroatoms. The summed E-state index contributed by atoms with van der Waals surface area (Å²) in [5, 5.41) is 16.7.